The second-order valence-electron chi connectivity index (χ2n) is 9.44. The van der Waals surface area contributed by atoms with Crippen molar-refractivity contribution in [3.05, 3.63) is 107 Å². The number of ether oxygens (including phenoxy) is 1. The molecule has 8 heteroatoms. The summed E-state index contributed by atoms with van der Waals surface area (Å²) < 4.78 is 6.50. The molecule has 194 valence electrons. The van der Waals surface area contributed by atoms with Crippen LogP contribution in [0, 0.1) is 11.8 Å². The first kappa shape index (κ1) is 25.0. The molecule has 0 aliphatic carbocycles. The quantitative estimate of drug-likeness (QED) is 0.195. The molecule has 4 aromatic carbocycles. The smallest absolute Gasteiger partial charge is 0.173 e. The van der Waals surface area contributed by atoms with Crippen LogP contribution in [0.25, 0.3) is 0 Å². The average molecular weight is 515 g/mol. The van der Waals surface area contributed by atoms with Crippen LogP contribution < -0.4 is 0 Å². The number of rotatable bonds is 6. The number of hydrogen-bond acceptors (Lipinski definition) is 8. The lowest BCUT2D eigenvalue weighted by Gasteiger charge is -2.25. The van der Waals surface area contributed by atoms with Gasteiger partial charge in [0.15, 0.2) is 5.78 Å². The molecule has 0 spiro atoms. The van der Waals surface area contributed by atoms with Crippen molar-refractivity contribution < 1.29 is 40.2 Å². The molecule has 1 aliphatic heterocycles. The highest BCUT2D eigenvalue weighted by Crippen LogP contribution is 2.54. The third-order valence-corrected chi connectivity index (χ3v) is 6.97. The number of aromatic hydroxyl groups is 6. The van der Waals surface area contributed by atoms with Crippen LogP contribution in [0.2, 0.25) is 0 Å². The highest BCUT2D eigenvalue weighted by molar-refractivity contribution is 6.01. The Morgan fingerprint density at radius 2 is 1.18 bits per heavy atom. The molecule has 0 amide bonds. The van der Waals surface area contributed by atoms with Crippen LogP contribution in [0.5, 0.6) is 34.5 Å². The lowest BCUT2D eigenvalue weighted by molar-refractivity contribution is 0.0254. The van der Waals surface area contributed by atoms with Gasteiger partial charge in [0.2, 0.25) is 0 Å². The van der Waals surface area contributed by atoms with Crippen LogP contribution in [-0.4, -0.2) is 36.4 Å². The summed E-state index contributed by atoms with van der Waals surface area (Å²) in [5.41, 5.74) is 1.79. The SMILES string of the molecule is O=C(c1ccc(O)cc1O)[C@H]1[C@H](Cc2ccc(O)cc2)[C@H](c2ccc(O)cc2O)O[C@@H]1c1ccc(O)cc1. The van der Waals surface area contributed by atoms with Gasteiger partial charge in [-0.25, -0.2) is 0 Å². The van der Waals surface area contributed by atoms with Gasteiger partial charge in [-0.05, 0) is 66.1 Å². The van der Waals surface area contributed by atoms with Crippen molar-refractivity contribution in [1.29, 1.82) is 0 Å². The summed E-state index contributed by atoms with van der Waals surface area (Å²) in [6.45, 7) is 0. The van der Waals surface area contributed by atoms with Gasteiger partial charge in [-0.3, -0.25) is 4.79 Å². The molecular formula is C30H26O8. The first-order valence-corrected chi connectivity index (χ1v) is 12.0. The number of phenols is 6. The molecule has 1 heterocycles. The topological polar surface area (TPSA) is 148 Å². The number of carbonyl (C=O) groups excluding carboxylic acids is 1. The molecule has 1 saturated heterocycles. The minimum atomic E-state index is -0.859. The first-order chi connectivity index (χ1) is 18.2. The summed E-state index contributed by atoms with van der Waals surface area (Å²) in [6, 6.07) is 20.7. The van der Waals surface area contributed by atoms with Crippen molar-refractivity contribution in [1.82, 2.24) is 0 Å². The van der Waals surface area contributed by atoms with Crippen molar-refractivity contribution >= 4 is 5.78 Å². The molecule has 4 atom stereocenters. The zero-order valence-corrected chi connectivity index (χ0v) is 20.1. The summed E-state index contributed by atoms with van der Waals surface area (Å²) >= 11 is 0. The van der Waals surface area contributed by atoms with E-state index in [0.29, 0.717) is 17.5 Å². The van der Waals surface area contributed by atoms with Gasteiger partial charge in [0.05, 0.1) is 23.7 Å². The Bertz CT molecular complexity index is 1460. The first-order valence-electron chi connectivity index (χ1n) is 12.0. The molecule has 0 bridgehead atoms. The van der Waals surface area contributed by atoms with Gasteiger partial charge in [0, 0.05) is 23.6 Å². The Balaban J connectivity index is 1.66. The third-order valence-electron chi connectivity index (χ3n) is 6.97. The van der Waals surface area contributed by atoms with Crippen LogP contribution in [0.15, 0.2) is 84.9 Å². The second-order valence-corrected chi connectivity index (χ2v) is 9.44. The van der Waals surface area contributed by atoms with E-state index in [0.717, 1.165) is 11.6 Å². The fraction of sp³-hybridized carbons (Fsp3) is 0.167. The van der Waals surface area contributed by atoms with E-state index in [2.05, 4.69) is 0 Å². The third kappa shape index (κ3) is 4.81. The molecule has 0 unspecified atom stereocenters. The Morgan fingerprint density at radius 3 is 1.79 bits per heavy atom. The van der Waals surface area contributed by atoms with E-state index >= 15 is 0 Å². The molecule has 4 aromatic rings. The molecule has 0 radical (unpaired) electrons. The van der Waals surface area contributed by atoms with E-state index in [-0.39, 0.29) is 40.1 Å². The van der Waals surface area contributed by atoms with Crippen molar-refractivity contribution in [3.63, 3.8) is 0 Å². The van der Waals surface area contributed by atoms with Gasteiger partial charge >= 0.3 is 0 Å². The highest BCUT2D eigenvalue weighted by Gasteiger charge is 2.50. The van der Waals surface area contributed by atoms with Crippen LogP contribution in [0.4, 0.5) is 0 Å². The summed E-state index contributed by atoms with van der Waals surface area (Å²) in [5, 5.41) is 60.5. The Kier molecular flexibility index (Phi) is 6.57. The van der Waals surface area contributed by atoms with Crippen molar-refractivity contribution in [2.45, 2.75) is 18.6 Å². The van der Waals surface area contributed by atoms with E-state index in [1.54, 1.807) is 24.3 Å². The largest absolute Gasteiger partial charge is 0.508 e. The standard InChI is InChI=1S/C30H26O8/c31-18-5-1-16(2-6-18)13-24-27(28(37)22-11-9-20(33)14-25(22)35)29(17-3-7-19(32)8-4-17)38-30(24)23-12-10-21(34)15-26(23)36/h1-12,14-15,24,27,29-36H,13H2/t24-,27+,29+,30-/m0/s1. The maximum Gasteiger partial charge on any atom is 0.173 e. The Morgan fingerprint density at radius 1 is 0.632 bits per heavy atom. The zero-order valence-electron chi connectivity index (χ0n) is 20.1. The fourth-order valence-electron chi connectivity index (χ4n) is 5.16. The molecule has 1 fully saturated rings. The monoisotopic (exact) mass is 514 g/mol. The fourth-order valence-corrected chi connectivity index (χ4v) is 5.16. The Labute approximate surface area is 218 Å². The van der Waals surface area contributed by atoms with Gasteiger partial charge in [-0.1, -0.05) is 24.3 Å². The van der Waals surface area contributed by atoms with E-state index in [1.165, 1.54) is 54.6 Å². The minimum absolute atomic E-state index is 0.00598. The molecular weight excluding hydrogens is 488 g/mol. The van der Waals surface area contributed by atoms with Gasteiger partial charge in [-0.15, -0.1) is 0 Å². The van der Waals surface area contributed by atoms with Crippen molar-refractivity contribution in [2.75, 3.05) is 0 Å². The summed E-state index contributed by atoms with van der Waals surface area (Å²) in [7, 11) is 0. The molecule has 8 nitrogen and oxygen atoms in total. The molecule has 1 aliphatic rings. The predicted octanol–water partition coefficient (Wildman–Crippen LogP) is 5.09. The van der Waals surface area contributed by atoms with E-state index in [9.17, 15) is 35.4 Å². The van der Waals surface area contributed by atoms with Gasteiger partial charge in [0.1, 0.15) is 34.5 Å². The Hall–Kier alpha value is -4.69. The minimum Gasteiger partial charge on any atom is -0.508 e. The predicted molar refractivity (Wildman–Crippen MR) is 137 cm³/mol. The van der Waals surface area contributed by atoms with Gasteiger partial charge in [-0.2, -0.15) is 0 Å². The van der Waals surface area contributed by atoms with Crippen LogP contribution in [-0.2, 0) is 11.2 Å². The maximum absolute atomic E-state index is 14.1. The van der Waals surface area contributed by atoms with Crippen molar-refractivity contribution in [2.24, 2.45) is 11.8 Å². The number of ketones is 1. The van der Waals surface area contributed by atoms with Crippen LogP contribution >= 0.6 is 0 Å². The van der Waals surface area contributed by atoms with Gasteiger partial charge in [0.25, 0.3) is 0 Å². The second kappa shape index (κ2) is 9.99. The molecule has 6 N–H and O–H groups in total. The zero-order chi connectivity index (χ0) is 27.0. The van der Waals surface area contributed by atoms with Gasteiger partial charge < -0.3 is 35.4 Å². The highest BCUT2D eigenvalue weighted by atomic mass is 16.5. The number of carbonyl (C=O) groups is 1. The molecule has 0 aromatic heterocycles. The molecule has 0 saturated carbocycles. The van der Waals surface area contributed by atoms with Crippen molar-refractivity contribution in [3.8, 4) is 34.5 Å². The average Bonchev–Trinajstić information content (AvgIpc) is 3.24. The summed E-state index contributed by atoms with van der Waals surface area (Å²) in [5.74, 6) is -2.61. The van der Waals surface area contributed by atoms with E-state index < -0.39 is 29.8 Å². The lowest BCUT2D eigenvalue weighted by Crippen LogP contribution is -2.27. The number of phenolic OH excluding ortho intramolecular Hbond substituents is 6. The summed E-state index contributed by atoms with van der Waals surface area (Å²) in [4.78, 5) is 14.1. The number of hydrogen-bond donors (Lipinski definition) is 6. The van der Waals surface area contributed by atoms with Crippen LogP contribution in [0.1, 0.15) is 39.3 Å². The maximum atomic E-state index is 14.1. The molecule has 38 heavy (non-hydrogen) atoms. The van der Waals surface area contributed by atoms with E-state index in [1.807, 2.05) is 0 Å². The number of benzene rings is 4. The summed E-state index contributed by atoms with van der Waals surface area (Å²) in [6.07, 6.45) is -1.30. The van der Waals surface area contributed by atoms with Crippen LogP contribution in [0.3, 0.4) is 0 Å². The molecule has 5 rings (SSSR count). The normalized spacial score (nSPS) is 20.8. The number of Topliss-reactive ketones (excluding diaryl/α,β-unsaturated/α-hetero) is 1. The lowest BCUT2D eigenvalue weighted by atomic mass is 9.75. The van der Waals surface area contributed by atoms with E-state index in [4.69, 9.17) is 4.74 Å².